The summed E-state index contributed by atoms with van der Waals surface area (Å²) in [6.45, 7) is 0.487. The third-order valence-electron chi connectivity index (χ3n) is 2.80. The lowest BCUT2D eigenvalue weighted by Gasteiger charge is -2.14. The Hall–Kier alpha value is -1.80. The molecule has 20 heavy (non-hydrogen) atoms. The minimum atomic E-state index is -4.77. The van der Waals surface area contributed by atoms with Crippen LogP contribution in [0.15, 0.2) is 24.3 Å². The molecule has 1 fully saturated rings. The molecule has 1 saturated heterocycles. The number of rotatable bonds is 3. The Bertz CT molecular complexity index is 493. The number of hydrogen-bond donors (Lipinski definition) is 2. The number of benzene rings is 1. The molecule has 1 aromatic rings. The maximum absolute atomic E-state index is 12.1. The predicted molar refractivity (Wildman–Crippen MR) is 64.0 cm³/mol. The van der Waals surface area contributed by atoms with Gasteiger partial charge in [0.2, 0.25) is 5.91 Å². The van der Waals surface area contributed by atoms with E-state index in [-0.39, 0.29) is 24.8 Å². The first-order valence-electron chi connectivity index (χ1n) is 5.85. The third kappa shape index (κ3) is 3.84. The van der Waals surface area contributed by atoms with Gasteiger partial charge in [-0.2, -0.15) is 0 Å². The second kappa shape index (κ2) is 5.68. The summed E-state index contributed by atoms with van der Waals surface area (Å²) in [6.07, 6.45) is -4.77. The van der Waals surface area contributed by atoms with Crippen molar-refractivity contribution in [3.63, 3.8) is 0 Å². The summed E-state index contributed by atoms with van der Waals surface area (Å²) in [5, 5.41) is 2.49. The Morgan fingerprint density at radius 2 is 2.15 bits per heavy atom. The number of nitrogens with two attached hydrogens (primary N) is 1. The first-order chi connectivity index (χ1) is 9.35. The Morgan fingerprint density at radius 3 is 2.75 bits per heavy atom. The fraction of sp³-hybridized carbons (Fsp3) is 0.417. The summed E-state index contributed by atoms with van der Waals surface area (Å²) in [6, 6.07) is 4.63. The lowest BCUT2D eigenvalue weighted by atomic mass is 10.0. The molecule has 1 heterocycles. The van der Waals surface area contributed by atoms with E-state index in [1.807, 2.05) is 0 Å². The molecule has 5 nitrogen and oxygen atoms in total. The van der Waals surface area contributed by atoms with Gasteiger partial charge in [0.25, 0.3) is 0 Å². The topological polar surface area (TPSA) is 73.6 Å². The van der Waals surface area contributed by atoms with Crippen LogP contribution < -0.4 is 15.8 Å². The number of hydrogen-bond acceptors (Lipinski definition) is 4. The summed E-state index contributed by atoms with van der Waals surface area (Å²) in [5.74, 6) is -1.30. The van der Waals surface area contributed by atoms with Gasteiger partial charge in [0.05, 0.1) is 19.1 Å². The Morgan fingerprint density at radius 1 is 1.40 bits per heavy atom. The van der Waals surface area contributed by atoms with Gasteiger partial charge in [0, 0.05) is 17.8 Å². The molecule has 2 atom stereocenters. The number of carbonyl (C=O) groups excluding carboxylic acids is 1. The Kier molecular flexibility index (Phi) is 4.15. The lowest BCUT2D eigenvalue weighted by Crippen LogP contribution is -2.37. The van der Waals surface area contributed by atoms with Crippen molar-refractivity contribution in [3.8, 4) is 5.75 Å². The monoisotopic (exact) mass is 290 g/mol. The van der Waals surface area contributed by atoms with Crippen LogP contribution >= 0.6 is 0 Å². The summed E-state index contributed by atoms with van der Waals surface area (Å²) in [7, 11) is 0. The van der Waals surface area contributed by atoms with Crippen LogP contribution in [0, 0.1) is 5.92 Å². The van der Waals surface area contributed by atoms with Crippen molar-refractivity contribution >= 4 is 11.6 Å². The van der Waals surface area contributed by atoms with E-state index in [0.717, 1.165) is 12.1 Å². The first kappa shape index (κ1) is 14.6. The fourth-order valence-corrected chi connectivity index (χ4v) is 1.85. The van der Waals surface area contributed by atoms with Crippen molar-refractivity contribution in [1.82, 2.24) is 0 Å². The normalized spacial score (nSPS) is 22.6. The number of alkyl halides is 3. The van der Waals surface area contributed by atoms with Crippen molar-refractivity contribution in [2.24, 2.45) is 11.7 Å². The van der Waals surface area contributed by atoms with Crippen molar-refractivity contribution in [2.45, 2.75) is 12.4 Å². The minimum absolute atomic E-state index is 0.200. The molecule has 8 heteroatoms. The molecule has 0 saturated carbocycles. The summed E-state index contributed by atoms with van der Waals surface area (Å²) in [5.41, 5.74) is 5.89. The fourth-order valence-electron chi connectivity index (χ4n) is 1.85. The highest BCUT2D eigenvalue weighted by molar-refractivity contribution is 5.93. The van der Waals surface area contributed by atoms with E-state index in [4.69, 9.17) is 10.5 Å². The molecule has 1 amide bonds. The van der Waals surface area contributed by atoms with Gasteiger partial charge in [0.1, 0.15) is 5.75 Å². The standard InChI is InChI=1S/C12H13F3N2O3/c13-12(14,15)20-8-3-1-2-7(4-8)17-11(18)9-5-19-6-10(9)16/h1-4,9-10H,5-6,16H2,(H,17,18). The third-order valence-corrected chi connectivity index (χ3v) is 2.80. The van der Waals surface area contributed by atoms with Crippen molar-refractivity contribution in [2.75, 3.05) is 18.5 Å². The zero-order valence-corrected chi connectivity index (χ0v) is 10.3. The van der Waals surface area contributed by atoms with Crippen LogP contribution in [-0.2, 0) is 9.53 Å². The smallest absolute Gasteiger partial charge is 0.406 e. The number of nitrogens with one attached hydrogen (secondary N) is 1. The van der Waals surface area contributed by atoms with Gasteiger partial charge >= 0.3 is 6.36 Å². The Labute approximate surface area is 112 Å². The molecule has 1 aliphatic rings. The second-order valence-corrected chi connectivity index (χ2v) is 4.37. The molecule has 3 N–H and O–H groups in total. The maximum Gasteiger partial charge on any atom is 0.573 e. The SMILES string of the molecule is NC1COCC1C(=O)Nc1cccc(OC(F)(F)F)c1. The largest absolute Gasteiger partial charge is 0.573 e. The summed E-state index contributed by atoms with van der Waals surface area (Å²) >= 11 is 0. The molecule has 1 aromatic carbocycles. The van der Waals surface area contributed by atoms with Crippen LogP contribution in [0.1, 0.15) is 0 Å². The highest BCUT2D eigenvalue weighted by Crippen LogP contribution is 2.25. The molecule has 2 rings (SSSR count). The first-order valence-corrected chi connectivity index (χ1v) is 5.85. The molecule has 0 aromatic heterocycles. The number of ether oxygens (including phenoxy) is 2. The van der Waals surface area contributed by atoms with E-state index < -0.39 is 24.1 Å². The molecular weight excluding hydrogens is 277 g/mol. The Balaban J connectivity index is 2.02. The van der Waals surface area contributed by atoms with Crippen molar-refractivity contribution in [3.05, 3.63) is 24.3 Å². The van der Waals surface area contributed by atoms with Gasteiger partial charge < -0.3 is 20.5 Å². The summed E-state index contributed by atoms with van der Waals surface area (Å²) < 4.78 is 45.1. The number of carbonyl (C=O) groups is 1. The van der Waals surface area contributed by atoms with Gasteiger partial charge in [0.15, 0.2) is 0 Å². The van der Waals surface area contributed by atoms with Gasteiger partial charge in [-0.1, -0.05) is 6.07 Å². The number of anilines is 1. The minimum Gasteiger partial charge on any atom is -0.406 e. The van der Waals surface area contributed by atoms with Crippen LogP contribution in [0.2, 0.25) is 0 Å². The lowest BCUT2D eigenvalue weighted by molar-refractivity contribution is -0.274. The average molecular weight is 290 g/mol. The molecule has 0 aliphatic carbocycles. The van der Waals surface area contributed by atoms with Crippen LogP contribution in [0.4, 0.5) is 18.9 Å². The van der Waals surface area contributed by atoms with Crippen molar-refractivity contribution in [1.29, 1.82) is 0 Å². The number of amides is 1. The van der Waals surface area contributed by atoms with Gasteiger partial charge in [-0.25, -0.2) is 0 Å². The van der Waals surface area contributed by atoms with E-state index in [0.29, 0.717) is 0 Å². The van der Waals surface area contributed by atoms with Crippen LogP contribution in [-0.4, -0.2) is 31.5 Å². The van der Waals surface area contributed by atoms with Gasteiger partial charge in [-0.3, -0.25) is 4.79 Å². The van der Waals surface area contributed by atoms with E-state index in [1.165, 1.54) is 12.1 Å². The van der Waals surface area contributed by atoms with Crippen LogP contribution in [0.5, 0.6) is 5.75 Å². The molecule has 0 spiro atoms. The van der Waals surface area contributed by atoms with E-state index in [1.54, 1.807) is 0 Å². The zero-order valence-electron chi connectivity index (χ0n) is 10.3. The van der Waals surface area contributed by atoms with E-state index in [9.17, 15) is 18.0 Å². The summed E-state index contributed by atoms with van der Waals surface area (Å²) in [4.78, 5) is 11.9. The molecule has 110 valence electrons. The quantitative estimate of drug-likeness (QED) is 0.884. The molecule has 0 bridgehead atoms. The van der Waals surface area contributed by atoms with Gasteiger partial charge in [-0.15, -0.1) is 13.2 Å². The highest BCUT2D eigenvalue weighted by atomic mass is 19.4. The maximum atomic E-state index is 12.1. The number of halogens is 3. The molecular formula is C12H13F3N2O3. The van der Waals surface area contributed by atoms with Gasteiger partial charge in [-0.05, 0) is 12.1 Å². The highest BCUT2D eigenvalue weighted by Gasteiger charge is 2.32. The molecule has 0 radical (unpaired) electrons. The predicted octanol–water partition coefficient (Wildman–Crippen LogP) is 1.50. The van der Waals surface area contributed by atoms with Crippen LogP contribution in [0.3, 0.4) is 0 Å². The molecule has 1 aliphatic heterocycles. The molecule has 2 unspecified atom stereocenters. The zero-order chi connectivity index (χ0) is 14.8. The van der Waals surface area contributed by atoms with E-state index in [2.05, 4.69) is 10.1 Å². The van der Waals surface area contributed by atoms with Crippen molar-refractivity contribution < 1.29 is 27.4 Å². The van der Waals surface area contributed by atoms with Crippen LogP contribution in [0.25, 0.3) is 0 Å². The second-order valence-electron chi connectivity index (χ2n) is 4.37. The average Bonchev–Trinajstić information content (AvgIpc) is 2.73. The van der Waals surface area contributed by atoms with E-state index >= 15 is 0 Å².